The molecule has 3 aromatic carbocycles. The third kappa shape index (κ3) is 8.08. The Kier molecular flexibility index (Phi) is 11.7. The van der Waals surface area contributed by atoms with Gasteiger partial charge in [0.05, 0.1) is 52.1 Å². The van der Waals surface area contributed by atoms with Crippen LogP contribution in [0, 0.1) is 21.4 Å². The molecule has 1 aliphatic carbocycles. The van der Waals surface area contributed by atoms with Crippen molar-refractivity contribution in [3.05, 3.63) is 100 Å². The fraction of sp³-hybridized carbons (Fsp3) is 0.491. The number of nitro benzene ring substituents is 1. The van der Waals surface area contributed by atoms with E-state index in [2.05, 4.69) is 62.8 Å². The molecule has 388 valence electrons. The number of sulfone groups is 1. The first-order valence-corrected chi connectivity index (χ1v) is 27.8. The number of H-pyrrole nitrogens is 1. The number of nitrogens with two attached hydrogens (primary N) is 1. The lowest BCUT2D eigenvalue weighted by molar-refractivity contribution is -0.384. The van der Waals surface area contributed by atoms with E-state index in [0.29, 0.717) is 75.0 Å². The molecule has 7 aliphatic heterocycles. The van der Waals surface area contributed by atoms with Crippen LogP contribution in [-0.4, -0.2) is 135 Å². The van der Waals surface area contributed by atoms with E-state index < -0.39 is 32.5 Å². The Morgan fingerprint density at radius 1 is 0.986 bits per heavy atom. The van der Waals surface area contributed by atoms with Crippen molar-refractivity contribution in [1.82, 2.24) is 19.8 Å². The minimum atomic E-state index is -4.77. The largest absolute Gasteiger partial charge is 0.489 e. The minimum Gasteiger partial charge on any atom is -0.489 e. The Balaban J connectivity index is 0.888. The molecule has 6 atom stereocenters. The van der Waals surface area contributed by atoms with Gasteiger partial charge in [-0.15, -0.1) is 0 Å². The molecule has 1 spiro atoms. The van der Waals surface area contributed by atoms with Gasteiger partial charge in [-0.2, -0.15) is 4.98 Å². The summed E-state index contributed by atoms with van der Waals surface area (Å²) in [4.78, 5) is 43.1. The van der Waals surface area contributed by atoms with E-state index in [1.54, 1.807) is 18.3 Å². The summed E-state index contributed by atoms with van der Waals surface area (Å²) in [6.07, 6.45) is 9.15. The van der Waals surface area contributed by atoms with Crippen LogP contribution in [0.4, 0.5) is 28.4 Å². The summed E-state index contributed by atoms with van der Waals surface area (Å²) in [7, 11) is -4.77. The number of nitrogens with one attached hydrogen (secondary N) is 2. The zero-order valence-electron chi connectivity index (χ0n) is 41.7. The van der Waals surface area contributed by atoms with Crippen LogP contribution in [0.5, 0.6) is 11.6 Å². The number of piperidine rings is 1. The maximum Gasteiger partial charge on any atom is 0.297 e. The number of pyridine rings is 1. The maximum atomic E-state index is 16.2. The predicted octanol–water partition coefficient (Wildman–Crippen LogP) is 7.60. The number of aromatic amines is 1. The highest BCUT2D eigenvalue weighted by molar-refractivity contribution is 7.91. The first-order valence-electron chi connectivity index (χ1n) is 26.4. The van der Waals surface area contributed by atoms with Crippen LogP contribution < -0.4 is 30.3 Å². The van der Waals surface area contributed by atoms with E-state index >= 15 is 8.42 Å². The van der Waals surface area contributed by atoms with Crippen molar-refractivity contribution >= 4 is 60.8 Å². The number of aromatic nitrogens is 2. The van der Waals surface area contributed by atoms with E-state index in [0.717, 1.165) is 75.1 Å². The van der Waals surface area contributed by atoms with E-state index in [1.165, 1.54) is 17.2 Å². The zero-order valence-corrected chi connectivity index (χ0v) is 42.5. The molecule has 5 saturated heterocycles. The molecule has 19 heteroatoms. The van der Waals surface area contributed by atoms with Crippen molar-refractivity contribution in [1.29, 1.82) is 0 Å². The fourth-order valence-electron chi connectivity index (χ4n) is 13.9. The second-order valence-corrected chi connectivity index (χ2v) is 24.0. The molecular weight excluding hydrogens is 963 g/mol. The molecule has 18 nitrogen and oxygen atoms in total. The number of morpholine rings is 1. The average Bonchev–Trinajstić information content (AvgIpc) is 4.23. The lowest BCUT2D eigenvalue weighted by Gasteiger charge is -2.56. The van der Waals surface area contributed by atoms with Crippen molar-refractivity contribution in [2.45, 2.75) is 104 Å². The molecular formula is C55H63N9O9S. The summed E-state index contributed by atoms with van der Waals surface area (Å²) in [5.41, 5.74) is 11.3. The summed E-state index contributed by atoms with van der Waals surface area (Å²) < 4.78 is 57.1. The van der Waals surface area contributed by atoms with Gasteiger partial charge in [-0.05, 0) is 106 Å². The molecule has 6 fully saturated rings. The van der Waals surface area contributed by atoms with Gasteiger partial charge in [-0.3, -0.25) is 24.7 Å². The van der Waals surface area contributed by atoms with Crippen LogP contribution in [0.15, 0.2) is 83.2 Å². The summed E-state index contributed by atoms with van der Waals surface area (Å²) in [5, 5.41) is 17.2. The topological polar surface area (TPSA) is 211 Å². The summed E-state index contributed by atoms with van der Waals surface area (Å²) in [5.74, 6) is -0.680. The highest BCUT2D eigenvalue weighted by Gasteiger charge is 2.51. The van der Waals surface area contributed by atoms with Crippen molar-refractivity contribution in [2.24, 2.45) is 17.1 Å². The second kappa shape index (κ2) is 18.2. The number of anilines is 4. The Hall–Kier alpha value is -6.25. The molecule has 9 heterocycles. The molecule has 0 unspecified atom stereocenters. The number of primary amides is 1. The quantitative estimate of drug-likeness (QED) is 0.0859. The molecule has 4 N–H and O–H groups in total. The number of hydrogen-bond donors (Lipinski definition) is 3. The van der Waals surface area contributed by atoms with Gasteiger partial charge in [0.1, 0.15) is 28.9 Å². The molecule has 74 heavy (non-hydrogen) atoms. The van der Waals surface area contributed by atoms with Gasteiger partial charge < -0.3 is 44.8 Å². The number of nitro groups is 1. The van der Waals surface area contributed by atoms with Crippen LogP contribution in [0.3, 0.4) is 0 Å². The van der Waals surface area contributed by atoms with Crippen LogP contribution >= 0.6 is 0 Å². The minimum absolute atomic E-state index is 0.0177. The third-order valence-electron chi connectivity index (χ3n) is 17.7. The van der Waals surface area contributed by atoms with E-state index in [4.69, 9.17) is 29.7 Å². The molecule has 0 radical (unpaired) electrons. The van der Waals surface area contributed by atoms with Gasteiger partial charge in [0.15, 0.2) is 11.4 Å². The molecule has 5 aromatic rings. The first kappa shape index (κ1) is 47.5. The maximum absolute atomic E-state index is 16.2. The lowest BCUT2D eigenvalue weighted by Crippen LogP contribution is -2.55. The van der Waals surface area contributed by atoms with Gasteiger partial charge in [0, 0.05) is 87.1 Å². The number of nitrogens with zero attached hydrogens (tertiary/aromatic N) is 6. The molecule has 13 rings (SSSR count). The Bertz CT molecular complexity index is 3200. The zero-order chi connectivity index (χ0) is 50.6. The standard InChI is InChI=1S/C55H63N9O9S/c1-32(2)40-6-3-4-7-41(40)43-8-5-16-62(43)37-24-55(25-37)13-17-60(18-14-55)44-10-9-42(52(56)65)50(63-26-34-12-19-70-31-48(34)73-54-46(63)20-33-11-15-57-53(33)59-54)51(44)74(68,69)39-22-45(64(66)67)49-47(23-39)72-29-35(58-49)27-61-28-38-21-36(61)30-71-38/h3-4,6-7,9-11,15,20,22-23,34-38,43,48,58H,1,5,8,12-14,16-19,21,24-31H2,2H3,(H2,56,65)(H,57,59)/t34-,35+,36+,38+,43+,48-/m1/s1. The number of amides is 1. The smallest absolute Gasteiger partial charge is 0.297 e. The number of rotatable bonds is 11. The van der Waals surface area contributed by atoms with E-state index in [1.807, 2.05) is 17.0 Å². The summed E-state index contributed by atoms with van der Waals surface area (Å²) in [6.45, 7) is 11.8. The SMILES string of the molecule is C=C(C)c1ccccc1[C@@H]1CCCN1C1CC2(CCN(c3ccc(C(N)=O)c(N4C[C@H]5CCOC[C@H]5Oc5nc6[nH]ccc6cc54)c3S(=O)(=O)c3cc4c(c([N+](=O)[O-])c3)N[C@@H](CN3C[C@@H]5C[C@H]3CO5)CO4)CC2)C1. The summed E-state index contributed by atoms with van der Waals surface area (Å²) in [6, 6.07) is 19.1. The van der Waals surface area contributed by atoms with E-state index in [9.17, 15) is 14.9 Å². The second-order valence-electron chi connectivity index (χ2n) is 22.1. The molecule has 2 aromatic heterocycles. The number of allylic oxidation sites excluding steroid dienone is 1. The normalized spacial score (nSPS) is 26.6. The monoisotopic (exact) mass is 1030 g/mol. The van der Waals surface area contributed by atoms with Crippen LogP contribution in [0.2, 0.25) is 0 Å². The third-order valence-corrected chi connectivity index (χ3v) is 19.5. The van der Waals surface area contributed by atoms with Crippen LogP contribution in [0.1, 0.15) is 85.8 Å². The van der Waals surface area contributed by atoms with Crippen molar-refractivity contribution in [3.8, 4) is 11.6 Å². The van der Waals surface area contributed by atoms with Crippen molar-refractivity contribution in [2.75, 3.05) is 80.8 Å². The van der Waals surface area contributed by atoms with Crippen LogP contribution in [-0.2, 0) is 19.3 Å². The van der Waals surface area contributed by atoms with Gasteiger partial charge in [-0.1, -0.05) is 36.4 Å². The average molecular weight is 1030 g/mol. The number of likely N-dealkylation sites (tertiary alicyclic amines) is 2. The van der Waals surface area contributed by atoms with Crippen molar-refractivity contribution < 1.29 is 37.1 Å². The summed E-state index contributed by atoms with van der Waals surface area (Å²) >= 11 is 0. The number of fused-ring (bicyclic) bond motifs is 6. The Morgan fingerprint density at radius 3 is 2.59 bits per heavy atom. The molecule has 1 saturated carbocycles. The van der Waals surface area contributed by atoms with Crippen LogP contribution in [0.25, 0.3) is 16.6 Å². The highest BCUT2D eigenvalue weighted by atomic mass is 32.2. The number of carbonyl (C=O) groups excluding carboxylic acids is 1. The first-order chi connectivity index (χ1) is 35.8. The highest BCUT2D eigenvalue weighted by Crippen LogP contribution is 2.56. The number of carbonyl (C=O) groups is 1. The van der Waals surface area contributed by atoms with E-state index in [-0.39, 0.29) is 81.0 Å². The Morgan fingerprint density at radius 2 is 1.82 bits per heavy atom. The molecule has 2 bridgehead atoms. The number of ether oxygens (including phenoxy) is 4. The van der Waals surface area contributed by atoms with Gasteiger partial charge >= 0.3 is 0 Å². The van der Waals surface area contributed by atoms with Gasteiger partial charge in [-0.25, -0.2) is 8.42 Å². The lowest BCUT2D eigenvalue weighted by atomic mass is 9.59. The Labute approximate surface area is 430 Å². The predicted molar refractivity (Wildman–Crippen MR) is 279 cm³/mol. The molecule has 8 aliphatic rings. The fourth-order valence-corrected chi connectivity index (χ4v) is 15.6. The number of benzene rings is 3. The van der Waals surface area contributed by atoms with Crippen molar-refractivity contribution in [3.63, 3.8) is 0 Å². The molecule has 1 amide bonds. The van der Waals surface area contributed by atoms with Gasteiger partial charge in [0.2, 0.25) is 15.7 Å². The van der Waals surface area contributed by atoms with Gasteiger partial charge in [0.25, 0.3) is 11.6 Å². The number of hydrogen-bond acceptors (Lipinski definition) is 15.